The molecule has 0 heterocycles. The molecule has 0 aliphatic carbocycles. The number of allylic oxidation sites excluding steroid dienone is 2. The summed E-state index contributed by atoms with van der Waals surface area (Å²) in [5.41, 5.74) is 1.20. The van der Waals surface area contributed by atoms with E-state index in [1.807, 2.05) is 18.2 Å². The van der Waals surface area contributed by atoms with Crippen LogP contribution in [-0.4, -0.2) is 8.32 Å². The van der Waals surface area contributed by atoms with Crippen LogP contribution in [0.1, 0.15) is 19.4 Å². The molecule has 1 nitrogen and oxygen atoms in total. The minimum absolute atomic E-state index is 0.497. The molecule has 1 aromatic rings. The second kappa shape index (κ2) is 6.60. The lowest BCUT2D eigenvalue weighted by Crippen LogP contribution is -2.24. The Kier molecular flexibility index (Phi) is 5.42. The minimum atomic E-state index is -1.54. The predicted molar refractivity (Wildman–Crippen MR) is 82.8 cm³/mol. The van der Waals surface area contributed by atoms with Crippen molar-refractivity contribution in [3.8, 4) is 0 Å². The molecule has 0 atom stereocenters. The molecule has 0 saturated heterocycles. The van der Waals surface area contributed by atoms with Gasteiger partial charge in [0, 0.05) is 0 Å². The fourth-order valence-corrected chi connectivity index (χ4v) is 2.39. The first kappa shape index (κ1) is 14.8. The Morgan fingerprint density at radius 1 is 1.11 bits per heavy atom. The van der Waals surface area contributed by atoms with Crippen molar-refractivity contribution in [1.82, 2.24) is 0 Å². The lowest BCUT2D eigenvalue weighted by molar-refractivity contribution is 0.436. The first-order chi connectivity index (χ1) is 8.37. The first-order valence-corrected chi connectivity index (χ1v) is 9.91. The molecule has 1 aromatic carbocycles. The van der Waals surface area contributed by atoms with E-state index in [0.29, 0.717) is 5.92 Å². The standard InChI is InChI=1S/C16H24OSi/c1-14(2)13-16(17-18(3,4)5)12-11-15-9-7-6-8-10-15/h6-14H,1-5H3/b12-11+,16-13+. The van der Waals surface area contributed by atoms with Gasteiger partial charge >= 0.3 is 0 Å². The molecule has 18 heavy (non-hydrogen) atoms. The topological polar surface area (TPSA) is 9.23 Å². The Hall–Kier alpha value is -1.28. The zero-order chi connectivity index (χ0) is 13.6. The molecule has 0 aromatic heterocycles. The molecule has 0 unspecified atom stereocenters. The van der Waals surface area contributed by atoms with Gasteiger partial charge < -0.3 is 4.43 Å². The van der Waals surface area contributed by atoms with E-state index >= 15 is 0 Å². The summed E-state index contributed by atoms with van der Waals surface area (Å²) in [6, 6.07) is 10.3. The normalized spacial score (nSPS) is 13.3. The second-order valence-corrected chi connectivity index (χ2v) is 10.2. The van der Waals surface area contributed by atoms with Crippen molar-refractivity contribution in [2.45, 2.75) is 33.5 Å². The van der Waals surface area contributed by atoms with Gasteiger partial charge in [0.15, 0.2) is 0 Å². The highest BCUT2D eigenvalue weighted by Gasteiger charge is 2.16. The van der Waals surface area contributed by atoms with Crippen LogP contribution in [0.4, 0.5) is 0 Å². The Balaban J connectivity index is 2.83. The fourth-order valence-electron chi connectivity index (χ4n) is 1.55. The van der Waals surface area contributed by atoms with Crippen LogP contribution in [0.15, 0.2) is 48.2 Å². The third kappa shape index (κ3) is 6.45. The van der Waals surface area contributed by atoms with Crippen LogP contribution in [0.3, 0.4) is 0 Å². The highest BCUT2D eigenvalue weighted by molar-refractivity contribution is 6.70. The van der Waals surface area contributed by atoms with Crippen LogP contribution in [-0.2, 0) is 4.43 Å². The molecule has 0 aliphatic rings. The molecule has 0 N–H and O–H groups in total. The molecular weight excluding hydrogens is 236 g/mol. The fraction of sp³-hybridized carbons (Fsp3) is 0.375. The van der Waals surface area contributed by atoms with E-state index < -0.39 is 8.32 Å². The monoisotopic (exact) mass is 260 g/mol. The zero-order valence-electron chi connectivity index (χ0n) is 12.1. The molecule has 0 aliphatic heterocycles. The van der Waals surface area contributed by atoms with E-state index in [1.165, 1.54) is 5.56 Å². The van der Waals surface area contributed by atoms with Crippen molar-refractivity contribution in [3.05, 3.63) is 53.8 Å². The van der Waals surface area contributed by atoms with Gasteiger partial charge in [-0.15, -0.1) is 0 Å². The molecule has 0 spiro atoms. The summed E-state index contributed by atoms with van der Waals surface area (Å²) >= 11 is 0. The van der Waals surface area contributed by atoms with Crippen LogP contribution >= 0.6 is 0 Å². The van der Waals surface area contributed by atoms with Gasteiger partial charge in [0.1, 0.15) is 0 Å². The first-order valence-electron chi connectivity index (χ1n) is 6.51. The van der Waals surface area contributed by atoms with Gasteiger partial charge in [-0.3, -0.25) is 0 Å². The summed E-state index contributed by atoms with van der Waals surface area (Å²) < 4.78 is 6.08. The third-order valence-electron chi connectivity index (χ3n) is 2.16. The summed E-state index contributed by atoms with van der Waals surface area (Å²) in [7, 11) is -1.54. The van der Waals surface area contributed by atoms with Gasteiger partial charge in [-0.2, -0.15) is 0 Å². The average molecular weight is 260 g/mol. The molecule has 0 amide bonds. The van der Waals surface area contributed by atoms with Crippen LogP contribution in [0.25, 0.3) is 6.08 Å². The SMILES string of the molecule is CC(C)/C=C(\C=C\c1ccccc1)O[Si](C)(C)C. The highest BCUT2D eigenvalue weighted by Crippen LogP contribution is 2.15. The van der Waals surface area contributed by atoms with Crippen molar-refractivity contribution < 1.29 is 4.43 Å². The lowest BCUT2D eigenvalue weighted by Gasteiger charge is -2.20. The van der Waals surface area contributed by atoms with E-state index in [4.69, 9.17) is 4.43 Å². The van der Waals surface area contributed by atoms with E-state index in [9.17, 15) is 0 Å². The molecule has 0 bridgehead atoms. The summed E-state index contributed by atoms with van der Waals surface area (Å²) in [6.07, 6.45) is 6.36. The van der Waals surface area contributed by atoms with Gasteiger partial charge in [0.2, 0.25) is 8.32 Å². The molecule has 0 saturated carbocycles. The third-order valence-corrected chi connectivity index (χ3v) is 3.01. The minimum Gasteiger partial charge on any atom is -0.545 e. The number of hydrogen-bond donors (Lipinski definition) is 0. The summed E-state index contributed by atoms with van der Waals surface area (Å²) in [5, 5.41) is 0. The summed E-state index contributed by atoms with van der Waals surface area (Å²) in [4.78, 5) is 0. The molecule has 98 valence electrons. The number of hydrogen-bond acceptors (Lipinski definition) is 1. The number of benzene rings is 1. The van der Waals surface area contributed by atoms with Crippen LogP contribution in [0.2, 0.25) is 19.6 Å². The second-order valence-electron chi connectivity index (χ2n) is 5.77. The van der Waals surface area contributed by atoms with Gasteiger partial charge in [0.05, 0.1) is 5.76 Å². The van der Waals surface area contributed by atoms with Crippen molar-refractivity contribution in [1.29, 1.82) is 0 Å². The maximum Gasteiger partial charge on any atom is 0.242 e. The van der Waals surface area contributed by atoms with Crippen molar-refractivity contribution in [2.75, 3.05) is 0 Å². The maximum atomic E-state index is 6.08. The van der Waals surface area contributed by atoms with Crippen molar-refractivity contribution >= 4 is 14.4 Å². The predicted octanol–water partition coefficient (Wildman–Crippen LogP) is 5.09. The van der Waals surface area contributed by atoms with Gasteiger partial charge in [-0.25, -0.2) is 0 Å². The van der Waals surface area contributed by atoms with E-state index in [2.05, 4.69) is 63.8 Å². The van der Waals surface area contributed by atoms with Gasteiger partial charge in [0.25, 0.3) is 0 Å². The van der Waals surface area contributed by atoms with Crippen LogP contribution in [0, 0.1) is 5.92 Å². The molecule has 0 radical (unpaired) electrons. The Morgan fingerprint density at radius 3 is 2.22 bits per heavy atom. The largest absolute Gasteiger partial charge is 0.545 e. The Morgan fingerprint density at radius 2 is 1.72 bits per heavy atom. The van der Waals surface area contributed by atoms with Gasteiger partial charge in [-0.1, -0.05) is 50.3 Å². The average Bonchev–Trinajstić information content (AvgIpc) is 2.24. The summed E-state index contributed by atoms with van der Waals surface area (Å²) in [5.74, 6) is 1.49. The Bertz CT molecular complexity index is 410. The van der Waals surface area contributed by atoms with E-state index in [0.717, 1.165) is 5.76 Å². The van der Waals surface area contributed by atoms with Crippen molar-refractivity contribution in [3.63, 3.8) is 0 Å². The maximum absolute atomic E-state index is 6.08. The molecule has 0 fully saturated rings. The quantitative estimate of drug-likeness (QED) is 0.407. The smallest absolute Gasteiger partial charge is 0.242 e. The highest BCUT2D eigenvalue weighted by atomic mass is 28.4. The van der Waals surface area contributed by atoms with Crippen LogP contribution in [0.5, 0.6) is 0 Å². The molecular formula is C16H24OSi. The zero-order valence-corrected chi connectivity index (χ0v) is 13.1. The number of rotatable bonds is 5. The Labute approximate surface area is 112 Å². The van der Waals surface area contributed by atoms with Gasteiger partial charge in [-0.05, 0) is 43.3 Å². The molecule has 1 rings (SSSR count). The van der Waals surface area contributed by atoms with Crippen LogP contribution < -0.4 is 0 Å². The van der Waals surface area contributed by atoms with E-state index in [-0.39, 0.29) is 0 Å². The lowest BCUT2D eigenvalue weighted by atomic mass is 10.1. The molecule has 2 heteroatoms. The van der Waals surface area contributed by atoms with Crippen molar-refractivity contribution in [2.24, 2.45) is 5.92 Å². The summed E-state index contributed by atoms with van der Waals surface area (Å²) in [6.45, 7) is 11.0. The van der Waals surface area contributed by atoms with E-state index in [1.54, 1.807) is 0 Å².